The molecule has 1 fully saturated rings. The maximum Gasteiger partial charge on any atom is 0.266 e. The molecular weight excluding hydrogens is 432 g/mol. The van der Waals surface area contributed by atoms with Gasteiger partial charge >= 0.3 is 0 Å². The Morgan fingerprint density at radius 3 is 2.65 bits per heavy atom. The Balaban J connectivity index is 1.44. The van der Waals surface area contributed by atoms with Crippen molar-refractivity contribution in [1.82, 2.24) is 4.90 Å². The summed E-state index contributed by atoms with van der Waals surface area (Å²) in [6.45, 7) is 0.535. The highest BCUT2D eigenvalue weighted by atomic mass is 32.2. The smallest absolute Gasteiger partial charge is 0.266 e. The highest BCUT2D eigenvalue weighted by Crippen LogP contribution is 2.34. The Bertz CT molecular complexity index is 989. The molecule has 0 bridgehead atoms. The summed E-state index contributed by atoms with van der Waals surface area (Å²) < 4.78 is 5.89. The van der Waals surface area contributed by atoms with Crippen molar-refractivity contribution in [3.05, 3.63) is 59.0 Å². The van der Waals surface area contributed by atoms with Crippen LogP contribution in [0.25, 0.3) is 6.08 Å². The minimum absolute atomic E-state index is 0.0731. The van der Waals surface area contributed by atoms with Crippen LogP contribution in [0.3, 0.4) is 0 Å². The number of unbranched alkanes of at least 4 members (excludes halogenated alkanes) is 2. The number of carbonyl (C=O) groups excluding carboxylic acids is 2. The molecule has 0 aliphatic carbocycles. The van der Waals surface area contributed by atoms with E-state index in [0.29, 0.717) is 33.6 Å². The molecule has 0 unspecified atom stereocenters. The van der Waals surface area contributed by atoms with E-state index in [1.54, 1.807) is 24.1 Å². The SMILES string of the molecule is COc1ccccc1/C=C1\SC(=S)N(CCCCCC(=O)Nc2ccc(O)cc2)C1=O. The lowest BCUT2D eigenvalue weighted by atomic mass is 10.1. The molecular formula is C23H24N2O4S2. The number of carbonyl (C=O) groups is 2. The van der Waals surface area contributed by atoms with Gasteiger partial charge in [-0.15, -0.1) is 0 Å². The van der Waals surface area contributed by atoms with Crippen LogP contribution in [0.15, 0.2) is 53.4 Å². The average Bonchev–Trinajstić information content (AvgIpc) is 3.02. The van der Waals surface area contributed by atoms with Crippen molar-refractivity contribution < 1.29 is 19.4 Å². The normalized spacial score (nSPS) is 14.9. The number of thioether (sulfide) groups is 1. The molecule has 0 radical (unpaired) electrons. The second-order valence-electron chi connectivity index (χ2n) is 6.98. The zero-order chi connectivity index (χ0) is 22.2. The third kappa shape index (κ3) is 6.32. The largest absolute Gasteiger partial charge is 0.508 e. The van der Waals surface area contributed by atoms with Gasteiger partial charge in [-0.1, -0.05) is 48.6 Å². The molecule has 162 valence electrons. The lowest BCUT2D eigenvalue weighted by Crippen LogP contribution is -2.29. The summed E-state index contributed by atoms with van der Waals surface area (Å²) in [5.41, 5.74) is 1.49. The minimum Gasteiger partial charge on any atom is -0.508 e. The number of anilines is 1. The van der Waals surface area contributed by atoms with Crippen LogP contribution in [-0.4, -0.2) is 39.8 Å². The molecule has 2 aromatic carbocycles. The lowest BCUT2D eigenvalue weighted by molar-refractivity contribution is -0.122. The van der Waals surface area contributed by atoms with Gasteiger partial charge in [-0.2, -0.15) is 0 Å². The molecule has 2 aromatic rings. The molecule has 1 saturated heterocycles. The Kier molecular flexibility index (Phi) is 8.08. The number of para-hydroxylation sites is 1. The third-order valence-electron chi connectivity index (χ3n) is 4.74. The monoisotopic (exact) mass is 456 g/mol. The fourth-order valence-electron chi connectivity index (χ4n) is 3.12. The van der Waals surface area contributed by atoms with Gasteiger partial charge in [0.1, 0.15) is 15.8 Å². The summed E-state index contributed by atoms with van der Waals surface area (Å²) in [4.78, 5) is 27.0. The standard InChI is InChI=1S/C23H24N2O4S2/c1-29-19-8-5-4-7-16(19)15-20-22(28)25(23(30)31-20)14-6-2-3-9-21(27)24-17-10-12-18(26)13-11-17/h4-5,7-8,10-13,15,26H,2-3,6,9,14H2,1H3,(H,24,27)/b20-15-. The van der Waals surface area contributed by atoms with Crippen molar-refractivity contribution in [3.8, 4) is 11.5 Å². The number of benzene rings is 2. The fraction of sp³-hybridized carbons (Fsp3) is 0.261. The predicted octanol–water partition coefficient (Wildman–Crippen LogP) is 4.80. The van der Waals surface area contributed by atoms with E-state index in [1.807, 2.05) is 30.3 Å². The topological polar surface area (TPSA) is 78.9 Å². The Labute approximate surface area is 191 Å². The summed E-state index contributed by atoms with van der Waals surface area (Å²) >= 11 is 6.69. The number of nitrogens with zero attached hydrogens (tertiary/aromatic N) is 1. The second-order valence-corrected chi connectivity index (χ2v) is 8.66. The van der Waals surface area contributed by atoms with Gasteiger partial charge in [0.2, 0.25) is 5.91 Å². The van der Waals surface area contributed by atoms with Gasteiger partial charge in [0.25, 0.3) is 5.91 Å². The Morgan fingerprint density at radius 2 is 1.90 bits per heavy atom. The van der Waals surface area contributed by atoms with Gasteiger partial charge in [0.05, 0.1) is 12.0 Å². The van der Waals surface area contributed by atoms with Crippen molar-refractivity contribution in [3.63, 3.8) is 0 Å². The molecule has 1 aliphatic heterocycles. The lowest BCUT2D eigenvalue weighted by Gasteiger charge is -2.14. The third-order valence-corrected chi connectivity index (χ3v) is 6.11. The number of hydrogen-bond acceptors (Lipinski definition) is 6. The van der Waals surface area contributed by atoms with Crippen LogP contribution in [0.4, 0.5) is 5.69 Å². The zero-order valence-electron chi connectivity index (χ0n) is 17.2. The number of ether oxygens (including phenoxy) is 1. The molecule has 2 amide bonds. The van der Waals surface area contributed by atoms with Crippen molar-refractivity contribution in [2.45, 2.75) is 25.7 Å². The molecule has 2 N–H and O–H groups in total. The molecule has 0 atom stereocenters. The van der Waals surface area contributed by atoms with Crippen LogP contribution in [0.2, 0.25) is 0 Å². The molecule has 8 heteroatoms. The summed E-state index contributed by atoms with van der Waals surface area (Å²) in [5.74, 6) is 0.701. The van der Waals surface area contributed by atoms with Crippen LogP contribution >= 0.6 is 24.0 Å². The van der Waals surface area contributed by atoms with Crippen LogP contribution in [0.1, 0.15) is 31.2 Å². The quantitative estimate of drug-likeness (QED) is 0.244. The molecule has 0 spiro atoms. The highest BCUT2D eigenvalue weighted by molar-refractivity contribution is 8.26. The maximum atomic E-state index is 12.7. The number of rotatable bonds is 9. The number of phenols is 1. The summed E-state index contributed by atoms with van der Waals surface area (Å²) in [7, 11) is 1.60. The summed E-state index contributed by atoms with van der Waals surface area (Å²) in [5, 5.41) is 12.1. The predicted molar refractivity (Wildman–Crippen MR) is 128 cm³/mol. The van der Waals surface area contributed by atoms with Gasteiger partial charge in [0.15, 0.2) is 0 Å². The Morgan fingerprint density at radius 1 is 1.16 bits per heavy atom. The summed E-state index contributed by atoms with van der Waals surface area (Å²) in [6, 6.07) is 13.9. The number of methoxy groups -OCH3 is 1. The Hall–Kier alpha value is -2.84. The first-order valence-corrected chi connectivity index (χ1v) is 11.2. The van der Waals surface area contributed by atoms with Crippen LogP contribution < -0.4 is 10.1 Å². The van der Waals surface area contributed by atoms with E-state index in [4.69, 9.17) is 17.0 Å². The van der Waals surface area contributed by atoms with E-state index in [2.05, 4.69) is 5.32 Å². The van der Waals surface area contributed by atoms with Crippen molar-refractivity contribution in [2.75, 3.05) is 19.0 Å². The number of hydrogen-bond donors (Lipinski definition) is 2. The molecule has 0 aromatic heterocycles. The van der Waals surface area contributed by atoms with Crippen molar-refractivity contribution in [2.24, 2.45) is 0 Å². The summed E-state index contributed by atoms with van der Waals surface area (Å²) in [6.07, 6.45) is 4.50. The van der Waals surface area contributed by atoms with E-state index in [1.165, 1.54) is 23.9 Å². The highest BCUT2D eigenvalue weighted by Gasteiger charge is 2.31. The number of nitrogens with one attached hydrogen (secondary N) is 1. The molecule has 1 heterocycles. The van der Waals surface area contributed by atoms with Gasteiger partial charge in [-0.05, 0) is 49.2 Å². The first-order valence-electron chi connectivity index (χ1n) is 9.95. The van der Waals surface area contributed by atoms with Gasteiger partial charge in [-0.3, -0.25) is 14.5 Å². The molecule has 1 aliphatic rings. The first kappa shape index (κ1) is 22.8. The molecule has 3 rings (SSSR count). The van der Waals surface area contributed by atoms with Gasteiger partial charge in [-0.25, -0.2) is 0 Å². The first-order chi connectivity index (χ1) is 15.0. The van der Waals surface area contributed by atoms with Gasteiger partial charge < -0.3 is 15.2 Å². The molecule has 31 heavy (non-hydrogen) atoms. The number of amides is 2. The molecule has 6 nitrogen and oxygen atoms in total. The number of phenolic OH excluding ortho intramolecular Hbond substituents is 1. The van der Waals surface area contributed by atoms with E-state index in [-0.39, 0.29) is 17.6 Å². The molecule has 0 saturated carbocycles. The van der Waals surface area contributed by atoms with Crippen molar-refractivity contribution in [1.29, 1.82) is 0 Å². The fourth-order valence-corrected chi connectivity index (χ4v) is 4.42. The van der Waals surface area contributed by atoms with Crippen molar-refractivity contribution >= 4 is 51.9 Å². The minimum atomic E-state index is -0.0917. The maximum absolute atomic E-state index is 12.7. The van der Waals surface area contributed by atoms with Crippen LogP contribution in [-0.2, 0) is 9.59 Å². The average molecular weight is 457 g/mol. The number of thiocarbonyl (C=S) groups is 1. The van der Waals surface area contributed by atoms with E-state index in [0.717, 1.165) is 24.8 Å². The second kappa shape index (κ2) is 11.0. The zero-order valence-corrected chi connectivity index (χ0v) is 18.8. The van der Waals surface area contributed by atoms with Crippen LogP contribution in [0.5, 0.6) is 11.5 Å². The van der Waals surface area contributed by atoms with Crippen LogP contribution in [0, 0.1) is 0 Å². The number of aromatic hydroxyl groups is 1. The van der Waals surface area contributed by atoms with E-state index < -0.39 is 0 Å². The van der Waals surface area contributed by atoms with E-state index in [9.17, 15) is 14.7 Å². The van der Waals surface area contributed by atoms with E-state index >= 15 is 0 Å². The van der Waals surface area contributed by atoms with Gasteiger partial charge in [0, 0.05) is 24.2 Å².